The molecule has 0 amide bonds. The summed E-state index contributed by atoms with van der Waals surface area (Å²) in [5.74, 6) is 1.38. The Bertz CT molecular complexity index is 531. The summed E-state index contributed by atoms with van der Waals surface area (Å²) in [6, 6.07) is 10.3. The summed E-state index contributed by atoms with van der Waals surface area (Å²) < 4.78 is 5.05. The summed E-state index contributed by atoms with van der Waals surface area (Å²) >= 11 is 0. The van der Waals surface area contributed by atoms with Crippen LogP contribution in [0.4, 0.5) is 0 Å². The van der Waals surface area contributed by atoms with E-state index in [9.17, 15) is 0 Å². The molecule has 1 aromatic heterocycles. The fourth-order valence-corrected chi connectivity index (χ4v) is 1.81. The second-order valence-corrected chi connectivity index (χ2v) is 4.56. The van der Waals surface area contributed by atoms with Gasteiger partial charge >= 0.3 is 0 Å². The van der Waals surface area contributed by atoms with Gasteiger partial charge in [0.1, 0.15) is 0 Å². The second-order valence-electron chi connectivity index (χ2n) is 4.56. The summed E-state index contributed by atoms with van der Waals surface area (Å²) in [7, 11) is 0. The van der Waals surface area contributed by atoms with Crippen LogP contribution in [-0.4, -0.2) is 23.2 Å². The van der Waals surface area contributed by atoms with Crippen LogP contribution in [0.2, 0.25) is 0 Å². The Morgan fingerprint density at radius 2 is 2.11 bits per heavy atom. The van der Waals surface area contributed by atoms with Crippen molar-refractivity contribution in [3.8, 4) is 0 Å². The number of benzene rings is 1. The first-order valence-corrected chi connectivity index (χ1v) is 6.46. The third-order valence-electron chi connectivity index (χ3n) is 2.70. The van der Waals surface area contributed by atoms with Crippen LogP contribution in [-0.2, 0) is 6.42 Å². The van der Waals surface area contributed by atoms with Gasteiger partial charge in [-0.3, -0.25) is 0 Å². The number of hydrogen-bond donors (Lipinski definition) is 1. The molecule has 1 heterocycles. The zero-order valence-corrected chi connectivity index (χ0v) is 11.4. The number of hydrogen-bond acceptors (Lipinski definition) is 4. The molecule has 19 heavy (non-hydrogen) atoms. The first-order chi connectivity index (χ1) is 9.24. The van der Waals surface area contributed by atoms with Crippen molar-refractivity contribution in [2.45, 2.75) is 20.3 Å². The van der Waals surface area contributed by atoms with E-state index >= 15 is 0 Å². The van der Waals surface area contributed by atoms with E-state index in [0.717, 1.165) is 19.5 Å². The second kappa shape index (κ2) is 6.85. The highest BCUT2D eigenvalue weighted by Crippen LogP contribution is 2.05. The maximum absolute atomic E-state index is 5.05. The summed E-state index contributed by atoms with van der Waals surface area (Å²) in [5.41, 5.74) is 2.53. The standard InChI is InChI=1S/C15H19N3O/c1-12(10-14-6-4-3-5-7-14)11-16-9-8-15-17-13(2)18-19-15/h3-7,10,16H,8-9,11H2,1-2H3/b12-10-. The van der Waals surface area contributed by atoms with Crippen molar-refractivity contribution in [3.05, 3.63) is 53.2 Å². The maximum atomic E-state index is 5.05. The monoisotopic (exact) mass is 257 g/mol. The minimum Gasteiger partial charge on any atom is -0.339 e. The Labute approximate surface area is 113 Å². The van der Waals surface area contributed by atoms with Gasteiger partial charge in [-0.15, -0.1) is 0 Å². The van der Waals surface area contributed by atoms with Crippen LogP contribution in [0.5, 0.6) is 0 Å². The largest absolute Gasteiger partial charge is 0.339 e. The van der Waals surface area contributed by atoms with E-state index in [-0.39, 0.29) is 0 Å². The smallest absolute Gasteiger partial charge is 0.227 e. The fraction of sp³-hybridized carbons (Fsp3) is 0.333. The van der Waals surface area contributed by atoms with E-state index in [1.54, 1.807) is 0 Å². The average Bonchev–Trinajstić information content (AvgIpc) is 2.82. The molecule has 0 fully saturated rings. The molecular weight excluding hydrogens is 238 g/mol. The number of nitrogens with zero attached hydrogens (tertiary/aromatic N) is 2. The van der Waals surface area contributed by atoms with Gasteiger partial charge in [0, 0.05) is 19.5 Å². The first kappa shape index (κ1) is 13.5. The zero-order chi connectivity index (χ0) is 13.5. The predicted octanol–water partition coefficient (Wildman–Crippen LogP) is 2.61. The summed E-state index contributed by atoms with van der Waals surface area (Å²) in [4.78, 5) is 4.16. The lowest BCUT2D eigenvalue weighted by atomic mass is 10.1. The number of rotatable bonds is 6. The Kier molecular flexibility index (Phi) is 4.86. The van der Waals surface area contributed by atoms with Gasteiger partial charge in [-0.25, -0.2) is 0 Å². The molecule has 4 nitrogen and oxygen atoms in total. The first-order valence-electron chi connectivity index (χ1n) is 6.46. The van der Waals surface area contributed by atoms with Crippen LogP contribution in [0.15, 0.2) is 40.4 Å². The van der Waals surface area contributed by atoms with Crippen molar-refractivity contribution in [1.29, 1.82) is 0 Å². The molecule has 4 heteroatoms. The molecule has 0 unspecified atom stereocenters. The molecule has 0 spiro atoms. The van der Waals surface area contributed by atoms with Crippen molar-refractivity contribution < 1.29 is 4.52 Å². The molecule has 0 aliphatic heterocycles. The van der Waals surface area contributed by atoms with Gasteiger partial charge in [0.15, 0.2) is 5.82 Å². The lowest BCUT2D eigenvalue weighted by Gasteiger charge is -2.03. The molecular formula is C15H19N3O. The van der Waals surface area contributed by atoms with E-state index in [2.05, 4.69) is 40.6 Å². The number of aryl methyl sites for hydroxylation is 1. The van der Waals surface area contributed by atoms with E-state index in [1.165, 1.54) is 11.1 Å². The minimum atomic E-state index is 0.690. The molecule has 0 aliphatic carbocycles. The van der Waals surface area contributed by atoms with Crippen LogP contribution >= 0.6 is 0 Å². The Morgan fingerprint density at radius 3 is 2.79 bits per heavy atom. The van der Waals surface area contributed by atoms with E-state index in [0.29, 0.717) is 11.7 Å². The van der Waals surface area contributed by atoms with Gasteiger partial charge in [-0.1, -0.05) is 47.1 Å². The Morgan fingerprint density at radius 1 is 1.32 bits per heavy atom. The van der Waals surface area contributed by atoms with Crippen molar-refractivity contribution in [3.63, 3.8) is 0 Å². The van der Waals surface area contributed by atoms with Crippen molar-refractivity contribution >= 4 is 6.08 Å². The molecule has 0 radical (unpaired) electrons. The maximum Gasteiger partial charge on any atom is 0.227 e. The molecule has 2 aromatic rings. The van der Waals surface area contributed by atoms with Gasteiger partial charge in [0.25, 0.3) is 0 Å². The van der Waals surface area contributed by atoms with Gasteiger partial charge in [-0.2, -0.15) is 4.98 Å². The molecule has 2 rings (SSSR count). The van der Waals surface area contributed by atoms with E-state index in [1.807, 2.05) is 25.1 Å². The lowest BCUT2D eigenvalue weighted by molar-refractivity contribution is 0.373. The van der Waals surface area contributed by atoms with Crippen LogP contribution in [0.3, 0.4) is 0 Å². The SMILES string of the molecule is C/C(=C/c1ccccc1)CNCCc1nc(C)no1. The fourth-order valence-electron chi connectivity index (χ4n) is 1.81. The van der Waals surface area contributed by atoms with Crippen LogP contribution < -0.4 is 5.32 Å². The molecule has 1 aromatic carbocycles. The van der Waals surface area contributed by atoms with E-state index < -0.39 is 0 Å². The summed E-state index contributed by atoms with van der Waals surface area (Å²) in [5, 5.41) is 7.13. The van der Waals surface area contributed by atoms with Crippen molar-refractivity contribution in [1.82, 2.24) is 15.5 Å². The molecule has 0 saturated carbocycles. The average molecular weight is 257 g/mol. The molecule has 1 N–H and O–H groups in total. The molecule has 0 aliphatic rings. The molecule has 0 bridgehead atoms. The van der Waals surface area contributed by atoms with Gasteiger partial charge in [-0.05, 0) is 19.4 Å². The molecule has 0 saturated heterocycles. The van der Waals surface area contributed by atoms with Crippen molar-refractivity contribution in [2.75, 3.05) is 13.1 Å². The Hall–Kier alpha value is -1.94. The van der Waals surface area contributed by atoms with Gasteiger partial charge < -0.3 is 9.84 Å². The highest BCUT2D eigenvalue weighted by molar-refractivity contribution is 5.52. The minimum absolute atomic E-state index is 0.690. The summed E-state index contributed by atoms with van der Waals surface area (Å²) in [6.07, 6.45) is 2.95. The number of aromatic nitrogens is 2. The van der Waals surface area contributed by atoms with Crippen molar-refractivity contribution in [2.24, 2.45) is 0 Å². The predicted molar refractivity (Wildman–Crippen MR) is 75.7 cm³/mol. The van der Waals surface area contributed by atoms with Gasteiger partial charge in [0.2, 0.25) is 5.89 Å². The zero-order valence-electron chi connectivity index (χ0n) is 11.4. The highest BCUT2D eigenvalue weighted by Gasteiger charge is 2.01. The highest BCUT2D eigenvalue weighted by atomic mass is 16.5. The topological polar surface area (TPSA) is 51.0 Å². The van der Waals surface area contributed by atoms with Crippen LogP contribution in [0.25, 0.3) is 6.08 Å². The quantitative estimate of drug-likeness (QED) is 0.808. The third kappa shape index (κ3) is 4.67. The molecule has 100 valence electrons. The third-order valence-corrected chi connectivity index (χ3v) is 2.70. The summed E-state index contributed by atoms with van der Waals surface area (Å²) in [6.45, 7) is 5.65. The number of nitrogens with one attached hydrogen (secondary N) is 1. The van der Waals surface area contributed by atoms with Gasteiger partial charge in [0.05, 0.1) is 0 Å². The lowest BCUT2D eigenvalue weighted by Crippen LogP contribution is -2.19. The molecule has 0 atom stereocenters. The Balaban J connectivity index is 1.72. The van der Waals surface area contributed by atoms with E-state index in [4.69, 9.17) is 4.52 Å². The normalized spacial score (nSPS) is 11.8. The van der Waals surface area contributed by atoms with Crippen LogP contribution in [0.1, 0.15) is 24.2 Å². The van der Waals surface area contributed by atoms with Crippen LogP contribution in [0, 0.1) is 6.92 Å².